The van der Waals surface area contributed by atoms with E-state index < -0.39 is 0 Å². The topological polar surface area (TPSA) is 17.1 Å². The second kappa shape index (κ2) is 5.78. The Morgan fingerprint density at radius 1 is 1.15 bits per heavy atom. The molecule has 0 radical (unpaired) electrons. The molecule has 3 rings (SSSR count). The number of hydrogen-bond acceptors (Lipinski definition) is 2. The lowest BCUT2D eigenvalue weighted by Gasteiger charge is -2.00. The van der Waals surface area contributed by atoms with Crippen LogP contribution in [-0.4, -0.2) is 5.78 Å². The monoisotopic (exact) mass is 352 g/mol. The zero-order valence-electron chi connectivity index (χ0n) is 10.9. The van der Waals surface area contributed by atoms with Crippen molar-refractivity contribution in [2.24, 2.45) is 0 Å². The van der Waals surface area contributed by atoms with E-state index in [0.29, 0.717) is 10.0 Å². The van der Waals surface area contributed by atoms with Gasteiger partial charge in [-0.2, -0.15) is 0 Å². The number of thiophene rings is 1. The molecule has 0 saturated carbocycles. The van der Waals surface area contributed by atoms with Gasteiger partial charge in [0.05, 0.1) is 9.35 Å². The fourth-order valence-electron chi connectivity index (χ4n) is 2.56. The predicted molar refractivity (Wildman–Crippen MR) is 83.1 cm³/mol. The number of aryl methyl sites for hydroxylation is 2. The maximum Gasteiger partial charge on any atom is 0.203 e. The van der Waals surface area contributed by atoms with E-state index >= 15 is 0 Å². The van der Waals surface area contributed by atoms with Gasteiger partial charge < -0.3 is 0 Å². The molecule has 0 unspecified atom stereocenters. The van der Waals surface area contributed by atoms with E-state index in [1.165, 1.54) is 35.8 Å². The largest absolute Gasteiger partial charge is 0.288 e. The van der Waals surface area contributed by atoms with Gasteiger partial charge >= 0.3 is 0 Å². The van der Waals surface area contributed by atoms with Gasteiger partial charge in [-0.25, -0.2) is 4.39 Å². The number of rotatable bonds is 2. The molecule has 20 heavy (non-hydrogen) atoms. The predicted octanol–water partition coefficient (Wildman–Crippen LogP) is 5.15. The molecule has 2 aromatic rings. The number of fused-ring (bicyclic) bond motifs is 1. The average Bonchev–Trinajstić information content (AvgIpc) is 2.72. The minimum absolute atomic E-state index is 0.0104. The van der Waals surface area contributed by atoms with Crippen molar-refractivity contribution >= 4 is 33.0 Å². The Morgan fingerprint density at radius 2 is 1.95 bits per heavy atom. The molecule has 0 amide bonds. The summed E-state index contributed by atoms with van der Waals surface area (Å²) in [6.45, 7) is 0. The molecule has 0 N–H and O–H groups in total. The van der Waals surface area contributed by atoms with Crippen LogP contribution in [-0.2, 0) is 12.8 Å². The van der Waals surface area contributed by atoms with Crippen molar-refractivity contribution in [2.45, 2.75) is 32.1 Å². The Bertz CT molecular complexity index is 639. The van der Waals surface area contributed by atoms with Crippen molar-refractivity contribution in [3.63, 3.8) is 0 Å². The molecule has 1 aliphatic carbocycles. The lowest BCUT2D eigenvalue weighted by molar-refractivity contribution is 0.104. The molecule has 104 valence electrons. The Kier molecular flexibility index (Phi) is 4.03. The first-order chi connectivity index (χ1) is 9.65. The van der Waals surface area contributed by atoms with Crippen LogP contribution in [0.25, 0.3) is 0 Å². The SMILES string of the molecule is O=C(c1ccc(F)c(Br)c1)c1cc2c(s1)CCCCC2. The van der Waals surface area contributed by atoms with E-state index in [1.54, 1.807) is 23.5 Å². The van der Waals surface area contributed by atoms with Crippen LogP contribution in [0.5, 0.6) is 0 Å². The molecule has 0 aliphatic heterocycles. The van der Waals surface area contributed by atoms with E-state index in [-0.39, 0.29) is 11.6 Å². The summed E-state index contributed by atoms with van der Waals surface area (Å²) in [6, 6.07) is 6.47. The van der Waals surface area contributed by atoms with E-state index in [4.69, 9.17) is 0 Å². The third kappa shape index (κ3) is 2.72. The Hall–Kier alpha value is -1.00. The van der Waals surface area contributed by atoms with Gasteiger partial charge in [-0.3, -0.25) is 4.79 Å². The third-order valence-electron chi connectivity index (χ3n) is 3.65. The van der Waals surface area contributed by atoms with Crippen molar-refractivity contribution in [1.82, 2.24) is 0 Å². The number of carbonyl (C=O) groups excluding carboxylic acids is 1. The molecular weight excluding hydrogens is 339 g/mol. The Morgan fingerprint density at radius 3 is 2.75 bits per heavy atom. The van der Waals surface area contributed by atoms with Gasteiger partial charge in [-0.05, 0) is 71.4 Å². The summed E-state index contributed by atoms with van der Waals surface area (Å²) in [5.74, 6) is -0.354. The zero-order chi connectivity index (χ0) is 14.1. The van der Waals surface area contributed by atoms with E-state index in [1.807, 2.05) is 6.07 Å². The van der Waals surface area contributed by atoms with Gasteiger partial charge in [0, 0.05) is 10.4 Å². The van der Waals surface area contributed by atoms with Crippen LogP contribution in [0.4, 0.5) is 4.39 Å². The summed E-state index contributed by atoms with van der Waals surface area (Å²) < 4.78 is 13.6. The molecule has 1 aromatic carbocycles. The van der Waals surface area contributed by atoms with Crippen LogP contribution in [0.2, 0.25) is 0 Å². The van der Waals surface area contributed by atoms with E-state index in [9.17, 15) is 9.18 Å². The highest BCUT2D eigenvalue weighted by molar-refractivity contribution is 9.10. The second-order valence-electron chi connectivity index (χ2n) is 5.08. The van der Waals surface area contributed by atoms with Gasteiger partial charge in [0.15, 0.2) is 0 Å². The maximum atomic E-state index is 13.2. The summed E-state index contributed by atoms with van der Waals surface area (Å²) in [5, 5.41) is 0. The van der Waals surface area contributed by atoms with Crippen molar-refractivity contribution in [3.8, 4) is 0 Å². The van der Waals surface area contributed by atoms with Gasteiger partial charge in [-0.15, -0.1) is 11.3 Å². The van der Waals surface area contributed by atoms with E-state index in [0.717, 1.165) is 17.7 Å². The lowest BCUT2D eigenvalue weighted by atomic mass is 10.1. The van der Waals surface area contributed by atoms with Gasteiger partial charge in [0.1, 0.15) is 5.82 Å². The molecule has 0 atom stereocenters. The minimum atomic E-state index is -0.344. The van der Waals surface area contributed by atoms with Crippen molar-refractivity contribution in [2.75, 3.05) is 0 Å². The highest BCUT2D eigenvalue weighted by Crippen LogP contribution is 2.30. The third-order valence-corrected chi connectivity index (χ3v) is 5.50. The molecule has 4 heteroatoms. The molecule has 1 aliphatic rings. The minimum Gasteiger partial charge on any atom is -0.288 e. The number of carbonyl (C=O) groups is 1. The summed E-state index contributed by atoms with van der Waals surface area (Å²) in [6.07, 6.45) is 5.85. The van der Waals surface area contributed by atoms with Gasteiger partial charge in [0.2, 0.25) is 5.78 Å². The van der Waals surface area contributed by atoms with Gasteiger partial charge in [-0.1, -0.05) is 6.42 Å². The molecule has 1 heterocycles. The van der Waals surface area contributed by atoms with Crippen LogP contribution in [0, 0.1) is 5.82 Å². The van der Waals surface area contributed by atoms with Gasteiger partial charge in [0.25, 0.3) is 0 Å². The second-order valence-corrected chi connectivity index (χ2v) is 7.07. The molecule has 1 aromatic heterocycles. The fraction of sp³-hybridized carbons (Fsp3) is 0.312. The van der Waals surface area contributed by atoms with Crippen LogP contribution < -0.4 is 0 Å². The molecule has 0 bridgehead atoms. The number of ketones is 1. The highest BCUT2D eigenvalue weighted by atomic mass is 79.9. The van der Waals surface area contributed by atoms with Crippen LogP contribution in [0.1, 0.15) is 44.9 Å². The molecule has 0 spiro atoms. The van der Waals surface area contributed by atoms with Crippen LogP contribution in [0.15, 0.2) is 28.7 Å². The normalized spacial score (nSPS) is 14.7. The fourth-order valence-corrected chi connectivity index (χ4v) is 4.15. The van der Waals surface area contributed by atoms with Crippen molar-refractivity contribution < 1.29 is 9.18 Å². The van der Waals surface area contributed by atoms with Crippen molar-refractivity contribution in [3.05, 3.63) is 55.4 Å². The number of benzene rings is 1. The number of hydrogen-bond donors (Lipinski definition) is 0. The average molecular weight is 353 g/mol. The molecular formula is C16H14BrFOS. The standard InChI is InChI=1S/C16H14BrFOS/c17-12-8-11(6-7-13(12)18)16(19)15-9-10-4-2-1-3-5-14(10)20-15/h6-9H,1-5H2. The smallest absolute Gasteiger partial charge is 0.203 e. The molecule has 0 saturated heterocycles. The maximum absolute atomic E-state index is 13.2. The summed E-state index contributed by atoms with van der Waals surface area (Å²) >= 11 is 4.73. The van der Waals surface area contributed by atoms with E-state index in [2.05, 4.69) is 15.9 Å². The quantitative estimate of drug-likeness (QED) is 0.539. The summed E-state index contributed by atoms with van der Waals surface area (Å²) in [5.41, 5.74) is 1.87. The Balaban J connectivity index is 1.92. The first-order valence-electron chi connectivity index (χ1n) is 6.76. The lowest BCUT2D eigenvalue weighted by Crippen LogP contribution is -1.99. The first kappa shape index (κ1) is 14.0. The number of halogens is 2. The summed E-state index contributed by atoms with van der Waals surface area (Å²) in [7, 11) is 0. The highest BCUT2D eigenvalue weighted by Gasteiger charge is 2.18. The van der Waals surface area contributed by atoms with Crippen molar-refractivity contribution in [1.29, 1.82) is 0 Å². The van der Waals surface area contributed by atoms with Crippen LogP contribution >= 0.6 is 27.3 Å². The summed E-state index contributed by atoms with van der Waals surface area (Å²) in [4.78, 5) is 14.6. The zero-order valence-corrected chi connectivity index (χ0v) is 13.3. The Labute approximate surface area is 130 Å². The molecule has 0 fully saturated rings. The van der Waals surface area contributed by atoms with Crippen LogP contribution in [0.3, 0.4) is 0 Å². The first-order valence-corrected chi connectivity index (χ1v) is 8.37. The molecule has 1 nitrogen and oxygen atoms in total.